The van der Waals surface area contributed by atoms with Gasteiger partial charge in [-0.1, -0.05) is 0 Å². The Balaban J connectivity index is 1.89. The second-order valence-electron chi connectivity index (χ2n) is 4.13. The van der Waals surface area contributed by atoms with E-state index in [0.29, 0.717) is 19.1 Å². The van der Waals surface area contributed by atoms with Gasteiger partial charge < -0.3 is 10.5 Å². The maximum absolute atomic E-state index is 11.3. The van der Waals surface area contributed by atoms with Crippen LogP contribution < -0.4 is 5.73 Å². The van der Waals surface area contributed by atoms with Gasteiger partial charge in [-0.3, -0.25) is 9.48 Å². The molecule has 0 bridgehead atoms. The molecule has 1 saturated carbocycles. The molecule has 16 heavy (non-hydrogen) atoms. The van der Waals surface area contributed by atoms with Gasteiger partial charge in [0.25, 0.3) is 0 Å². The van der Waals surface area contributed by atoms with Crippen molar-refractivity contribution in [2.24, 2.45) is 5.73 Å². The Morgan fingerprint density at radius 3 is 3.12 bits per heavy atom. The van der Waals surface area contributed by atoms with Gasteiger partial charge in [-0.25, -0.2) is 0 Å². The number of hydrogen-bond acceptors (Lipinski definition) is 4. The number of nitrogens with two attached hydrogens (primary N) is 1. The molecule has 88 valence electrons. The van der Waals surface area contributed by atoms with E-state index in [1.807, 2.05) is 12.4 Å². The molecule has 5 nitrogen and oxygen atoms in total. The van der Waals surface area contributed by atoms with Gasteiger partial charge in [0.1, 0.15) is 6.04 Å². The highest BCUT2D eigenvalue weighted by Gasteiger charge is 2.25. The first-order chi connectivity index (χ1) is 7.70. The van der Waals surface area contributed by atoms with Crippen LogP contribution in [-0.2, 0) is 16.1 Å². The lowest BCUT2D eigenvalue weighted by atomic mass is 10.2. The van der Waals surface area contributed by atoms with E-state index in [1.54, 1.807) is 11.6 Å². The molecular weight excluding hydrogens is 206 g/mol. The molecule has 0 amide bonds. The minimum atomic E-state index is -0.632. The van der Waals surface area contributed by atoms with Crippen LogP contribution in [0.1, 0.15) is 31.2 Å². The molecule has 0 spiro atoms. The number of rotatable bonds is 5. The smallest absolute Gasteiger partial charge is 0.324 e. The van der Waals surface area contributed by atoms with Crippen molar-refractivity contribution >= 4 is 5.97 Å². The van der Waals surface area contributed by atoms with E-state index in [9.17, 15) is 4.79 Å². The first kappa shape index (κ1) is 11.1. The van der Waals surface area contributed by atoms with Gasteiger partial charge in [-0.15, -0.1) is 0 Å². The Labute approximate surface area is 94.6 Å². The number of ether oxygens (including phenoxy) is 1. The van der Waals surface area contributed by atoms with Crippen LogP contribution in [-0.4, -0.2) is 28.4 Å². The van der Waals surface area contributed by atoms with Crippen molar-refractivity contribution in [2.75, 3.05) is 6.61 Å². The molecule has 1 aliphatic carbocycles. The van der Waals surface area contributed by atoms with Crippen LogP contribution in [0.15, 0.2) is 12.4 Å². The molecule has 1 atom stereocenters. The Morgan fingerprint density at radius 2 is 2.50 bits per heavy atom. The van der Waals surface area contributed by atoms with Gasteiger partial charge in [0.15, 0.2) is 0 Å². The molecule has 1 aliphatic rings. The average molecular weight is 223 g/mol. The van der Waals surface area contributed by atoms with E-state index < -0.39 is 6.04 Å². The van der Waals surface area contributed by atoms with Crippen molar-refractivity contribution in [1.29, 1.82) is 0 Å². The van der Waals surface area contributed by atoms with Crippen LogP contribution in [0.2, 0.25) is 0 Å². The first-order valence-corrected chi connectivity index (χ1v) is 5.65. The SMILES string of the molecule is CCOC(=O)C(N)Cn1cc(C2CC2)cn1. The normalized spacial score (nSPS) is 17.1. The zero-order valence-corrected chi connectivity index (χ0v) is 9.43. The number of aromatic nitrogens is 2. The van der Waals surface area contributed by atoms with Crippen molar-refractivity contribution in [3.8, 4) is 0 Å². The fraction of sp³-hybridized carbons (Fsp3) is 0.636. The molecule has 0 radical (unpaired) electrons. The second kappa shape index (κ2) is 4.65. The van der Waals surface area contributed by atoms with Crippen LogP contribution >= 0.6 is 0 Å². The third-order valence-corrected chi connectivity index (χ3v) is 2.68. The summed E-state index contributed by atoms with van der Waals surface area (Å²) in [6.07, 6.45) is 6.32. The predicted octanol–water partition coefficient (Wildman–Crippen LogP) is 0.651. The van der Waals surface area contributed by atoms with Gasteiger partial charge in [0, 0.05) is 6.20 Å². The highest BCUT2D eigenvalue weighted by Crippen LogP contribution is 2.39. The minimum absolute atomic E-state index is 0.360. The molecule has 1 aromatic rings. The molecule has 2 N–H and O–H groups in total. The summed E-state index contributed by atoms with van der Waals surface area (Å²) in [5.41, 5.74) is 6.95. The van der Waals surface area contributed by atoms with Gasteiger partial charge in [0.2, 0.25) is 0 Å². The molecule has 1 heterocycles. The molecule has 2 rings (SSSR count). The lowest BCUT2D eigenvalue weighted by Gasteiger charge is -2.10. The second-order valence-corrected chi connectivity index (χ2v) is 4.13. The van der Waals surface area contributed by atoms with Crippen LogP contribution in [0.3, 0.4) is 0 Å². The highest BCUT2D eigenvalue weighted by atomic mass is 16.5. The van der Waals surface area contributed by atoms with Crippen LogP contribution in [0.5, 0.6) is 0 Å². The minimum Gasteiger partial charge on any atom is -0.465 e. The molecular formula is C11H17N3O2. The maximum Gasteiger partial charge on any atom is 0.324 e. The average Bonchev–Trinajstić information content (AvgIpc) is 3.01. The highest BCUT2D eigenvalue weighted by molar-refractivity contribution is 5.75. The number of esters is 1. The lowest BCUT2D eigenvalue weighted by molar-refractivity contribution is -0.145. The fourth-order valence-corrected chi connectivity index (χ4v) is 1.63. The summed E-state index contributed by atoms with van der Waals surface area (Å²) >= 11 is 0. The summed E-state index contributed by atoms with van der Waals surface area (Å²) in [6.45, 7) is 2.51. The molecule has 0 aliphatic heterocycles. The molecule has 5 heteroatoms. The Bertz CT molecular complexity index is 371. The van der Waals surface area contributed by atoms with E-state index >= 15 is 0 Å². The summed E-state index contributed by atoms with van der Waals surface area (Å²) in [5, 5.41) is 4.19. The monoisotopic (exact) mass is 223 g/mol. The molecule has 1 unspecified atom stereocenters. The van der Waals surface area contributed by atoms with E-state index in [-0.39, 0.29) is 5.97 Å². The third kappa shape index (κ3) is 2.61. The van der Waals surface area contributed by atoms with Gasteiger partial charge in [-0.05, 0) is 31.2 Å². The maximum atomic E-state index is 11.3. The molecule has 0 aromatic carbocycles. The van der Waals surface area contributed by atoms with Crippen molar-refractivity contribution in [1.82, 2.24) is 9.78 Å². The summed E-state index contributed by atoms with van der Waals surface area (Å²) in [5.74, 6) is 0.304. The zero-order chi connectivity index (χ0) is 11.5. The van der Waals surface area contributed by atoms with Crippen LogP contribution in [0, 0.1) is 0 Å². The summed E-state index contributed by atoms with van der Waals surface area (Å²) in [7, 11) is 0. The molecule has 1 fully saturated rings. The van der Waals surface area contributed by atoms with E-state index in [1.165, 1.54) is 18.4 Å². The Morgan fingerprint density at radius 1 is 1.75 bits per heavy atom. The quantitative estimate of drug-likeness (QED) is 0.744. The van der Waals surface area contributed by atoms with Gasteiger partial charge in [0.05, 0.1) is 19.3 Å². The number of carbonyl (C=O) groups is 1. The first-order valence-electron chi connectivity index (χ1n) is 5.65. The van der Waals surface area contributed by atoms with Gasteiger partial charge in [-0.2, -0.15) is 5.10 Å². The van der Waals surface area contributed by atoms with E-state index in [0.717, 1.165) is 0 Å². The molecule has 0 saturated heterocycles. The number of nitrogens with zero attached hydrogens (tertiary/aromatic N) is 2. The fourth-order valence-electron chi connectivity index (χ4n) is 1.63. The topological polar surface area (TPSA) is 70.1 Å². The summed E-state index contributed by atoms with van der Waals surface area (Å²) in [6, 6.07) is -0.632. The molecule has 1 aromatic heterocycles. The summed E-state index contributed by atoms with van der Waals surface area (Å²) in [4.78, 5) is 11.3. The van der Waals surface area contributed by atoms with Crippen molar-refractivity contribution in [3.05, 3.63) is 18.0 Å². The predicted molar refractivity (Wildman–Crippen MR) is 58.8 cm³/mol. The zero-order valence-electron chi connectivity index (χ0n) is 9.43. The summed E-state index contributed by atoms with van der Waals surface area (Å²) < 4.78 is 6.55. The van der Waals surface area contributed by atoms with Crippen LogP contribution in [0.25, 0.3) is 0 Å². The standard InChI is InChI=1S/C11H17N3O2/c1-2-16-11(15)10(12)7-14-6-9(5-13-14)8-3-4-8/h5-6,8,10H,2-4,7,12H2,1H3. The number of hydrogen-bond donors (Lipinski definition) is 1. The van der Waals surface area contributed by atoms with Crippen molar-refractivity contribution in [2.45, 2.75) is 38.3 Å². The third-order valence-electron chi connectivity index (χ3n) is 2.68. The largest absolute Gasteiger partial charge is 0.465 e. The van der Waals surface area contributed by atoms with Crippen molar-refractivity contribution in [3.63, 3.8) is 0 Å². The van der Waals surface area contributed by atoms with Crippen LogP contribution in [0.4, 0.5) is 0 Å². The Hall–Kier alpha value is -1.36. The number of carbonyl (C=O) groups excluding carboxylic acids is 1. The van der Waals surface area contributed by atoms with Gasteiger partial charge >= 0.3 is 5.97 Å². The lowest BCUT2D eigenvalue weighted by Crippen LogP contribution is -2.36. The van der Waals surface area contributed by atoms with Crippen molar-refractivity contribution < 1.29 is 9.53 Å². The Kier molecular flexibility index (Phi) is 3.24. The van der Waals surface area contributed by atoms with E-state index in [2.05, 4.69) is 5.10 Å². The van der Waals surface area contributed by atoms with E-state index in [4.69, 9.17) is 10.5 Å².